The van der Waals surface area contributed by atoms with Crippen LogP contribution >= 0.6 is 0 Å². The van der Waals surface area contributed by atoms with Crippen molar-refractivity contribution in [2.24, 2.45) is 11.8 Å². The molecule has 7 nitrogen and oxygen atoms in total. The van der Waals surface area contributed by atoms with Gasteiger partial charge in [-0.25, -0.2) is 9.59 Å². The Morgan fingerprint density at radius 3 is 2.55 bits per heavy atom. The smallest absolute Gasteiger partial charge is 0.334 e. The van der Waals surface area contributed by atoms with Gasteiger partial charge in [-0.1, -0.05) is 24.8 Å². The van der Waals surface area contributed by atoms with Crippen molar-refractivity contribution in [2.45, 2.75) is 58.0 Å². The van der Waals surface area contributed by atoms with Gasteiger partial charge in [-0.15, -0.1) is 0 Å². The molecule has 6 atom stereocenters. The van der Waals surface area contributed by atoms with E-state index >= 15 is 0 Å². The first-order valence-corrected chi connectivity index (χ1v) is 9.52. The minimum atomic E-state index is -1.65. The molecule has 2 fully saturated rings. The molecule has 0 amide bonds. The van der Waals surface area contributed by atoms with Crippen molar-refractivity contribution in [1.29, 1.82) is 0 Å². The number of hydrogen-bond acceptors (Lipinski definition) is 7. The zero-order valence-electron chi connectivity index (χ0n) is 17.1. The van der Waals surface area contributed by atoms with Crippen molar-refractivity contribution in [3.8, 4) is 0 Å². The average Bonchev–Trinajstić information content (AvgIpc) is 3.04. The van der Waals surface area contributed by atoms with Gasteiger partial charge in [0.05, 0.1) is 11.8 Å². The number of rotatable bonds is 3. The average molecular weight is 402 g/mol. The Labute approximate surface area is 169 Å². The summed E-state index contributed by atoms with van der Waals surface area (Å²) in [5.74, 6) is -3.16. The third-order valence-corrected chi connectivity index (χ3v) is 6.13. The largest absolute Gasteiger partial charge is 0.458 e. The van der Waals surface area contributed by atoms with Crippen LogP contribution < -0.4 is 0 Å². The Kier molecular flexibility index (Phi) is 5.30. The van der Waals surface area contributed by atoms with Crippen LogP contribution in [0.15, 0.2) is 47.6 Å². The Bertz CT molecular complexity index is 864. The normalized spacial score (nSPS) is 36.6. The Balaban J connectivity index is 2.07. The fraction of sp³-hybridized carbons (Fsp3) is 0.500. The van der Waals surface area contributed by atoms with Gasteiger partial charge in [-0.3, -0.25) is 4.79 Å². The van der Waals surface area contributed by atoms with Crippen molar-refractivity contribution in [2.75, 3.05) is 0 Å². The predicted molar refractivity (Wildman–Crippen MR) is 103 cm³/mol. The van der Waals surface area contributed by atoms with Crippen LogP contribution in [0.25, 0.3) is 0 Å². The van der Waals surface area contributed by atoms with E-state index in [2.05, 4.69) is 13.2 Å². The third kappa shape index (κ3) is 3.23. The summed E-state index contributed by atoms with van der Waals surface area (Å²) in [6.07, 6.45) is 0.860. The highest BCUT2D eigenvalue weighted by Gasteiger charge is 2.65. The quantitative estimate of drug-likeness (QED) is 0.334. The zero-order valence-corrected chi connectivity index (χ0v) is 17.1. The first kappa shape index (κ1) is 21.0. The van der Waals surface area contributed by atoms with Crippen LogP contribution in [0.5, 0.6) is 0 Å². The molecule has 29 heavy (non-hydrogen) atoms. The molecule has 7 heteroatoms. The molecule has 0 bridgehead atoms. The molecule has 2 aliphatic carbocycles. The number of allylic oxidation sites excluding steroid dienone is 1. The first-order valence-electron chi connectivity index (χ1n) is 9.52. The molecule has 3 aliphatic rings. The van der Waals surface area contributed by atoms with Crippen LogP contribution in [0.2, 0.25) is 0 Å². The third-order valence-electron chi connectivity index (χ3n) is 6.13. The van der Waals surface area contributed by atoms with Crippen LogP contribution in [-0.4, -0.2) is 46.9 Å². The summed E-state index contributed by atoms with van der Waals surface area (Å²) < 4.78 is 16.6. The van der Waals surface area contributed by atoms with E-state index in [-0.39, 0.29) is 12.0 Å². The number of fused-ring (bicyclic) bond motifs is 3. The maximum atomic E-state index is 12.4. The van der Waals surface area contributed by atoms with Gasteiger partial charge < -0.3 is 19.3 Å². The summed E-state index contributed by atoms with van der Waals surface area (Å²) in [5, 5.41) is 11.7. The molecular formula is C22H26O7. The summed E-state index contributed by atoms with van der Waals surface area (Å²) in [6.45, 7) is 14.2. The van der Waals surface area contributed by atoms with Crippen molar-refractivity contribution in [1.82, 2.24) is 0 Å². The second-order valence-electron chi connectivity index (χ2n) is 7.88. The van der Waals surface area contributed by atoms with Crippen LogP contribution in [0, 0.1) is 11.8 Å². The minimum Gasteiger partial charge on any atom is -0.458 e. The minimum absolute atomic E-state index is 0.136. The standard InChI is InChI=1S/C22H26O7/c1-7-10(2)20(24)28-15-8-11(3)18-16(27-14(6)23)9-12(4)22(18,26)19-17(15)13(5)21(25)29-19/h7,9,15-19,26H,3,5,8H2,1-2,4,6H3. The van der Waals surface area contributed by atoms with Gasteiger partial charge in [0.1, 0.15) is 23.9 Å². The van der Waals surface area contributed by atoms with E-state index < -0.39 is 53.7 Å². The highest BCUT2D eigenvalue weighted by Crippen LogP contribution is 2.54. The van der Waals surface area contributed by atoms with E-state index in [0.29, 0.717) is 16.7 Å². The van der Waals surface area contributed by atoms with Crippen molar-refractivity contribution >= 4 is 17.9 Å². The molecule has 1 aliphatic heterocycles. The van der Waals surface area contributed by atoms with Crippen LogP contribution in [-0.2, 0) is 28.6 Å². The lowest BCUT2D eigenvalue weighted by Crippen LogP contribution is -2.52. The number of carbonyl (C=O) groups is 3. The molecule has 1 saturated heterocycles. The van der Waals surface area contributed by atoms with E-state index in [4.69, 9.17) is 14.2 Å². The van der Waals surface area contributed by atoms with E-state index in [9.17, 15) is 19.5 Å². The molecule has 0 radical (unpaired) electrons. The molecule has 0 aromatic rings. The maximum absolute atomic E-state index is 12.4. The summed E-state index contributed by atoms with van der Waals surface area (Å²) >= 11 is 0. The number of esters is 3. The van der Waals surface area contributed by atoms with Gasteiger partial charge in [-0.05, 0) is 32.4 Å². The Hall–Kier alpha value is -2.67. The topological polar surface area (TPSA) is 99.1 Å². The fourth-order valence-electron chi connectivity index (χ4n) is 4.55. The second kappa shape index (κ2) is 7.30. The summed E-state index contributed by atoms with van der Waals surface area (Å²) in [6, 6.07) is 0. The van der Waals surface area contributed by atoms with E-state index in [1.807, 2.05) is 0 Å². The molecule has 3 rings (SSSR count). The molecule has 6 unspecified atom stereocenters. The number of carbonyl (C=O) groups excluding carboxylic acids is 3. The fourth-order valence-corrected chi connectivity index (χ4v) is 4.55. The van der Waals surface area contributed by atoms with Gasteiger partial charge in [0.15, 0.2) is 0 Å². The lowest BCUT2D eigenvalue weighted by Gasteiger charge is -2.38. The highest BCUT2D eigenvalue weighted by molar-refractivity contribution is 5.92. The maximum Gasteiger partial charge on any atom is 0.334 e. The zero-order chi connectivity index (χ0) is 21.7. The Morgan fingerprint density at radius 2 is 1.97 bits per heavy atom. The van der Waals surface area contributed by atoms with Gasteiger partial charge in [0.25, 0.3) is 0 Å². The number of aliphatic hydroxyl groups is 1. The lowest BCUT2D eigenvalue weighted by molar-refractivity contribution is -0.164. The predicted octanol–water partition coefficient (Wildman–Crippen LogP) is 2.16. The summed E-state index contributed by atoms with van der Waals surface area (Å²) in [5.41, 5.74) is -0.0464. The van der Waals surface area contributed by atoms with Crippen LogP contribution in [0.3, 0.4) is 0 Å². The number of hydrogen-bond donors (Lipinski definition) is 1. The molecular weight excluding hydrogens is 376 g/mol. The van der Waals surface area contributed by atoms with E-state index in [1.54, 1.807) is 32.9 Å². The first-order chi connectivity index (χ1) is 13.5. The van der Waals surface area contributed by atoms with E-state index in [1.165, 1.54) is 6.92 Å². The van der Waals surface area contributed by atoms with Gasteiger partial charge in [0.2, 0.25) is 0 Å². The Morgan fingerprint density at radius 1 is 1.31 bits per heavy atom. The summed E-state index contributed by atoms with van der Waals surface area (Å²) in [4.78, 5) is 36.3. The molecule has 1 heterocycles. The number of ether oxygens (including phenoxy) is 3. The molecule has 1 N–H and O–H groups in total. The molecule has 156 valence electrons. The second-order valence-corrected chi connectivity index (χ2v) is 7.88. The van der Waals surface area contributed by atoms with Crippen LogP contribution in [0.4, 0.5) is 0 Å². The van der Waals surface area contributed by atoms with Crippen molar-refractivity contribution < 1.29 is 33.7 Å². The lowest BCUT2D eigenvalue weighted by atomic mass is 9.75. The van der Waals surface area contributed by atoms with Crippen molar-refractivity contribution in [3.05, 3.63) is 47.6 Å². The molecule has 0 aromatic heterocycles. The van der Waals surface area contributed by atoms with Gasteiger partial charge >= 0.3 is 17.9 Å². The molecule has 0 spiro atoms. The van der Waals surface area contributed by atoms with E-state index in [0.717, 1.165) is 0 Å². The van der Waals surface area contributed by atoms with Gasteiger partial charge in [0, 0.05) is 24.5 Å². The monoisotopic (exact) mass is 402 g/mol. The summed E-state index contributed by atoms with van der Waals surface area (Å²) in [7, 11) is 0. The van der Waals surface area contributed by atoms with Gasteiger partial charge in [-0.2, -0.15) is 0 Å². The molecule has 1 saturated carbocycles. The van der Waals surface area contributed by atoms with Crippen LogP contribution in [0.1, 0.15) is 34.1 Å². The van der Waals surface area contributed by atoms with Crippen molar-refractivity contribution in [3.63, 3.8) is 0 Å². The SMILES string of the molecule is C=C1C(=O)OC2C1C(OC(=O)C(C)=CC)CC(=C)C1C(OC(C)=O)C=C(C)C21O. The highest BCUT2D eigenvalue weighted by atomic mass is 16.6. The molecule has 0 aromatic carbocycles.